The lowest BCUT2D eigenvalue weighted by atomic mass is 9.95. The summed E-state index contributed by atoms with van der Waals surface area (Å²) in [6.45, 7) is 0. The van der Waals surface area contributed by atoms with Crippen molar-refractivity contribution in [2.45, 2.75) is 44.1 Å². The molecular weight excluding hydrogens is 293 g/mol. The topological polar surface area (TPSA) is 64.9 Å². The van der Waals surface area contributed by atoms with Crippen LogP contribution in [0.4, 0.5) is 4.39 Å². The number of rotatable bonds is 2. The molecule has 0 saturated heterocycles. The third kappa shape index (κ3) is 3.09. The molecule has 1 fully saturated rings. The summed E-state index contributed by atoms with van der Waals surface area (Å²) >= 11 is 6.03. The van der Waals surface area contributed by atoms with Crippen LogP contribution in [0.2, 0.25) is 5.02 Å². The molecule has 0 bridgehead atoms. The van der Waals surface area contributed by atoms with Crippen molar-refractivity contribution in [3.05, 3.63) is 34.9 Å². The van der Waals surface area contributed by atoms with E-state index in [1.54, 1.807) is 6.07 Å². The average molecular weight is 310 g/mol. The van der Waals surface area contributed by atoms with E-state index in [0.29, 0.717) is 17.3 Å². The van der Waals surface area contributed by atoms with Crippen molar-refractivity contribution in [1.29, 1.82) is 0 Å². The van der Waals surface area contributed by atoms with Crippen molar-refractivity contribution < 1.29 is 8.91 Å². The summed E-state index contributed by atoms with van der Waals surface area (Å²) in [4.78, 5) is 4.42. The molecule has 112 valence electrons. The fourth-order valence-corrected chi connectivity index (χ4v) is 3.06. The minimum atomic E-state index is -0.391. The highest BCUT2D eigenvalue weighted by molar-refractivity contribution is 6.33. The van der Waals surface area contributed by atoms with Gasteiger partial charge in [0.25, 0.3) is 0 Å². The summed E-state index contributed by atoms with van der Waals surface area (Å²) in [5.74, 6) is 0.637. The highest BCUT2D eigenvalue weighted by Gasteiger charge is 2.27. The second-order valence-electron chi connectivity index (χ2n) is 5.49. The molecule has 2 aromatic rings. The standard InChI is InChI=1S/C15H17ClFN3O/c16-12-8-9(17)6-7-10(12)14-19-15(21-20-14)11-4-2-1-3-5-13(11)18/h6-8,11,13H,1-5,18H2. The Kier molecular flexibility index (Phi) is 4.22. The molecule has 3 rings (SSSR count). The Balaban J connectivity index is 1.88. The number of hydrogen-bond acceptors (Lipinski definition) is 4. The van der Waals surface area contributed by atoms with Crippen LogP contribution in [-0.4, -0.2) is 16.2 Å². The predicted molar refractivity (Wildman–Crippen MR) is 78.5 cm³/mol. The van der Waals surface area contributed by atoms with E-state index in [2.05, 4.69) is 10.1 Å². The zero-order valence-corrected chi connectivity index (χ0v) is 12.3. The van der Waals surface area contributed by atoms with E-state index in [9.17, 15) is 4.39 Å². The molecule has 1 heterocycles. The van der Waals surface area contributed by atoms with Gasteiger partial charge in [-0.15, -0.1) is 0 Å². The van der Waals surface area contributed by atoms with Crippen molar-refractivity contribution >= 4 is 11.6 Å². The monoisotopic (exact) mass is 309 g/mol. The van der Waals surface area contributed by atoms with E-state index in [-0.39, 0.29) is 17.0 Å². The van der Waals surface area contributed by atoms with Crippen molar-refractivity contribution in [1.82, 2.24) is 10.1 Å². The molecule has 0 amide bonds. The number of hydrogen-bond donors (Lipinski definition) is 1. The Labute approximate surface area is 127 Å². The minimum absolute atomic E-state index is 0.0458. The van der Waals surface area contributed by atoms with Gasteiger partial charge >= 0.3 is 0 Å². The van der Waals surface area contributed by atoms with Crippen molar-refractivity contribution in [3.8, 4) is 11.4 Å². The molecule has 0 spiro atoms. The lowest BCUT2D eigenvalue weighted by Crippen LogP contribution is -2.27. The maximum atomic E-state index is 13.1. The van der Waals surface area contributed by atoms with E-state index < -0.39 is 5.82 Å². The van der Waals surface area contributed by atoms with Gasteiger partial charge in [-0.25, -0.2) is 4.39 Å². The minimum Gasteiger partial charge on any atom is -0.339 e. The lowest BCUT2D eigenvalue weighted by molar-refractivity contribution is 0.326. The van der Waals surface area contributed by atoms with Gasteiger partial charge in [0.15, 0.2) is 0 Å². The molecule has 1 aliphatic carbocycles. The smallest absolute Gasteiger partial charge is 0.231 e. The Bertz CT molecular complexity index is 631. The zero-order valence-electron chi connectivity index (χ0n) is 11.6. The Hall–Kier alpha value is -1.46. The van der Waals surface area contributed by atoms with Crippen LogP contribution in [0.15, 0.2) is 22.7 Å². The summed E-state index contributed by atoms with van der Waals surface area (Å²) in [6, 6.07) is 4.17. The second-order valence-corrected chi connectivity index (χ2v) is 5.90. The average Bonchev–Trinajstić information content (AvgIpc) is 2.82. The van der Waals surface area contributed by atoms with Gasteiger partial charge in [0.05, 0.1) is 10.9 Å². The van der Waals surface area contributed by atoms with E-state index >= 15 is 0 Å². The van der Waals surface area contributed by atoms with Crippen LogP contribution in [0.1, 0.15) is 43.9 Å². The van der Waals surface area contributed by atoms with E-state index in [4.69, 9.17) is 21.9 Å². The summed E-state index contributed by atoms with van der Waals surface area (Å²) in [7, 11) is 0. The zero-order chi connectivity index (χ0) is 14.8. The summed E-state index contributed by atoms with van der Waals surface area (Å²) in [6.07, 6.45) is 5.38. The summed E-state index contributed by atoms with van der Waals surface area (Å²) in [5, 5.41) is 4.24. The molecule has 1 aromatic carbocycles. The van der Waals surface area contributed by atoms with Gasteiger partial charge in [0.2, 0.25) is 11.7 Å². The second kappa shape index (κ2) is 6.12. The lowest BCUT2D eigenvalue weighted by Gasteiger charge is -2.16. The third-order valence-corrected chi connectivity index (χ3v) is 4.31. The molecule has 1 aliphatic rings. The van der Waals surface area contributed by atoms with Gasteiger partial charge < -0.3 is 10.3 Å². The Morgan fingerprint density at radius 1 is 1.24 bits per heavy atom. The van der Waals surface area contributed by atoms with E-state index in [0.717, 1.165) is 25.7 Å². The SMILES string of the molecule is NC1CCCCCC1c1nc(-c2ccc(F)cc2Cl)no1. The molecule has 2 unspecified atom stereocenters. The number of nitrogens with two attached hydrogens (primary N) is 1. The van der Waals surface area contributed by atoms with Crippen LogP contribution in [0.25, 0.3) is 11.4 Å². The molecule has 1 aromatic heterocycles. The largest absolute Gasteiger partial charge is 0.339 e. The van der Waals surface area contributed by atoms with Gasteiger partial charge in [-0.2, -0.15) is 4.98 Å². The van der Waals surface area contributed by atoms with Gasteiger partial charge in [0, 0.05) is 11.6 Å². The highest BCUT2D eigenvalue weighted by Crippen LogP contribution is 2.32. The quantitative estimate of drug-likeness (QED) is 0.854. The van der Waals surface area contributed by atoms with Gasteiger partial charge in [0.1, 0.15) is 5.82 Å². The number of nitrogens with zero attached hydrogens (tertiary/aromatic N) is 2. The summed E-state index contributed by atoms with van der Waals surface area (Å²) < 4.78 is 18.5. The molecule has 4 nitrogen and oxygen atoms in total. The van der Waals surface area contributed by atoms with E-state index in [1.807, 2.05) is 0 Å². The number of benzene rings is 1. The van der Waals surface area contributed by atoms with Crippen molar-refractivity contribution in [2.24, 2.45) is 5.73 Å². The van der Waals surface area contributed by atoms with Gasteiger partial charge in [-0.3, -0.25) is 0 Å². The fourth-order valence-electron chi connectivity index (χ4n) is 2.81. The molecule has 0 aliphatic heterocycles. The Morgan fingerprint density at radius 2 is 2.05 bits per heavy atom. The van der Waals surface area contributed by atoms with Crippen LogP contribution in [-0.2, 0) is 0 Å². The first-order chi connectivity index (χ1) is 10.1. The molecule has 6 heteroatoms. The fraction of sp³-hybridized carbons (Fsp3) is 0.467. The van der Waals surface area contributed by atoms with Gasteiger partial charge in [-0.05, 0) is 31.0 Å². The number of aromatic nitrogens is 2. The third-order valence-electron chi connectivity index (χ3n) is 4.00. The van der Waals surface area contributed by atoms with Crippen LogP contribution in [0.5, 0.6) is 0 Å². The maximum Gasteiger partial charge on any atom is 0.231 e. The van der Waals surface area contributed by atoms with E-state index in [1.165, 1.54) is 18.6 Å². The van der Waals surface area contributed by atoms with Crippen LogP contribution >= 0.6 is 11.6 Å². The summed E-state index contributed by atoms with van der Waals surface area (Å²) in [5.41, 5.74) is 6.77. The van der Waals surface area contributed by atoms with Crippen LogP contribution in [0, 0.1) is 5.82 Å². The molecular formula is C15H17ClFN3O. The molecule has 21 heavy (non-hydrogen) atoms. The van der Waals surface area contributed by atoms with Gasteiger partial charge in [-0.1, -0.05) is 36.0 Å². The maximum absolute atomic E-state index is 13.1. The molecule has 1 saturated carbocycles. The highest BCUT2D eigenvalue weighted by atomic mass is 35.5. The van der Waals surface area contributed by atoms with Crippen LogP contribution < -0.4 is 5.73 Å². The molecule has 2 atom stereocenters. The predicted octanol–water partition coefficient (Wildman–Crippen LogP) is 3.90. The first kappa shape index (κ1) is 14.5. The first-order valence-corrected chi connectivity index (χ1v) is 7.57. The van der Waals surface area contributed by atoms with Crippen LogP contribution in [0.3, 0.4) is 0 Å². The molecule has 2 N–H and O–H groups in total. The first-order valence-electron chi connectivity index (χ1n) is 7.20. The molecule has 0 radical (unpaired) electrons. The number of halogens is 2. The van der Waals surface area contributed by atoms with Crippen molar-refractivity contribution in [2.75, 3.05) is 0 Å². The normalized spacial score (nSPS) is 23.0. The van der Waals surface area contributed by atoms with Crippen molar-refractivity contribution in [3.63, 3.8) is 0 Å². The Morgan fingerprint density at radius 3 is 2.86 bits per heavy atom.